The minimum absolute atomic E-state index is 0.190. The van der Waals surface area contributed by atoms with Crippen LogP contribution in [0.1, 0.15) is 29.5 Å². The summed E-state index contributed by atoms with van der Waals surface area (Å²) in [5, 5.41) is 17.8. The predicted octanol–water partition coefficient (Wildman–Crippen LogP) is 2.72. The van der Waals surface area contributed by atoms with E-state index in [1.54, 1.807) is 18.2 Å². The number of rotatable bonds is 4. The molecule has 1 saturated carbocycles. The lowest BCUT2D eigenvalue weighted by Crippen LogP contribution is -2.18. The number of benzene rings is 1. The van der Waals surface area contributed by atoms with E-state index in [1.165, 1.54) is 0 Å². The first-order chi connectivity index (χ1) is 8.65. The summed E-state index contributed by atoms with van der Waals surface area (Å²) in [7, 11) is 0. The van der Waals surface area contributed by atoms with Crippen molar-refractivity contribution < 1.29 is 4.79 Å². The average Bonchev–Trinajstić information content (AvgIpc) is 3.21. The van der Waals surface area contributed by atoms with Crippen LogP contribution in [-0.4, -0.2) is 10.6 Å². The molecule has 0 radical (unpaired) electrons. The predicted molar refractivity (Wildman–Crippen MR) is 70.0 cm³/mol. The summed E-state index contributed by atoms with van der Waals surface area (Å²) in [6, 6.07) is 9.10. The van der Waals surface area contributed by atoms with Crippen molar-refractivity contribution in [2.75, 3.05) is 0 Å². The SMILES string of the molecule is N#Cc1ccc(CC(Br)C(=O)C2CC2)cc1C#N. The Kier molecular flexibility index (Phi) is 3.79. The molecule has 0 N–H and O–H groups in total. The molecular formula is C14H11BrN2O. The molecule has 4 heteroatoms. The number of ketones is 1. The van der Waals surface area contributed by atoms with Crippen LogP contribution in [0.4, 0.5) is 0 Å². The maximum atomic E-state index is 11.8. The molecule has 0 aromatic heterocycles. The Labute approximate surface area is 114 Å². The van der Waals surface area contributed by atoms with Crippen molar-refractivity contribution in [1.82, 2.24) is 0 Å². The molecule has 1 aliphatic carbocycles. The van der Waals surface area contributed by atoms with E-state index in [-0.39, 0.29) is 16.5 Å². The molecule has 90 valence electrons. The molecule has 0 amide bonds. The van der Waals surface area contributed by atoms with Crippen LogP contribution in [0.2, 0.25) is 0 Å². The van der Waals surface area contributed by atoms with E-state index >= 15 is 0 Å². The average molecular weight is 303 g/mol. The lowest BCUT2D eigenvalue weighted by molar-refractivity contribution is -0.119. The number of carbonyl (C=O) groups is 1. The first-order valence-corrected chi connectivity index (χ1v) is 6.68. The van der Waals surface area contributed by atoms with Crippen LogP contribution in [0.25, 0.3) is 0 Å². The maximum absolute atomic E-state index is 11.8. The summed E-state index contributed by atoms with van der Waals surface area (Å²) in [4.78, 5) is 11.6. The lowest BCUT2D eigenvalue weighted by Gasteiger charge is -2.08. The molecule has 0 heterocycles. The molecule has 0 bridgehead atoms. The van der Waals surface area contributed by atoms with E-state index in [9.17, 15) is 4.79 Å². The Morgan fingerprint density at radius 3 is 2.56 bits per heavy atom. The summed E-state index contributed by atoms with van der Waals surface area (Å²) >= 11 is 3.41. The largest absolute Gasteiger partial charge is 0.298 e. The molecule has 1 atom stereocenters. The van der Waals surface area contributed by atoms with Crippen molar-refractivity contribution in [3.8, 4) is 12.1 Å². The van der Waals surface area contributed by atoms with Crippen LogP contribution in [0.5, 0.6) is 0 Å². The smallest absolute Gasteiger partial charge is 0.149 e. The summed E-state index contributed by atoms with van der Waals surface area (Å²) in [5.74, 6) is 0.473. The molecule has 1 fully saturated rings. The highest BCUT2D eigenvalue weighted by molar-refractivity contribution is 9.10. The third kappa shape index (κ3) is 2.78. The Bertz CT molecular complexity index is 564. The van der Waals surface area contributed by atoms with Gasteiger partial charge in [-0.25, -0.2) is 0 Å². The Morgan fingerprint density at radius 2 is 2.00 bits per heavy atom. The number of halogens is 1. The van der Waals surface area contributed by atoms with Crippen LogP contribution in [-0.2, 0) is 11.2 Å². The fourth-order valence-electron chi connectivity index (χ4n) is 1.84. The van der Waals surface area contributed by atoms with Gasteiger partial charge in [-0.15, -0.1) is 0 Å². The highest BCUT2D eigenvalue weighted by Crippen LogP contribution is 2.33. The van der Waals surface area contributed by atoms with E-state index in [0.29, 0.717) is 17.5 Å². The standard InChI is InChI=1S/C14H11BrN2O/c15-13(14(18)10-3-4-10)6-9-1-2-11(7-16)12(5-9)8-17/h1-2,5,10,13H,3-4,6H2. The monoisotopic (exact) mass is 302 g/mol. The number of nitrogens with zero attached hydrogens (tertiary/aromatic N) is 2. The van der Waals surface area contributed by atoms with E-state index in [4.69, 9.17) is 10.5 Å². The van der Waals surface area contributed by atoms with Crippen molar-refractivity contribution in [2.24, 2.45) is 5.92 Å². The molecule has 3 nitrogen and oxygen atoms in total. The van der Waals surface area contributed by atoms with E-state index < -0.39 is 0 Å². The molecule has 1 unspecified atom stereocenters. The summed E-state index contributed by atoms with van der Waals surface area (Å²) in [6.07, 6.45) is 2.56. The van der Waals surface area contributed by atoms with Crippen molar-refractivity contribution >= 4 is 21.7 Å². The van der Waals surface area contributed by atoms with Gasteiger partial charge < -0.3 is 0 Å². The van der Waals surface area contributed by atoms with Crippen LogP contribution < -0.4 is 0 Å². The Morgan fingerprint density at radius 1 is 1.33 bits per heavy atom. The van der Waals surface area contributed by atoms with Gasteiger partial charge in [0.2, 0.25) is 0 Å². The Balaban J connectivity index is 2.12. The highest BCUT2D eigenvalue weighted by Gasteiger charge is 2.33. The zero-order valence-electron chi connectivity index (χ0n) is 9.69. The molecule has 0 aliphatic heterocycles. The van der Waals surface area contributed by atoms with Gasteiger partial charge in [-0.3, -0.25) is 4.79 Å². The van der Waals surface area contributed by atoms with Crippen molar-refractivity contribution in [2.45, 2.75) is 24.1 Å². The molecule has 1 aliphatic rings. The van der Waals surface area contributed by atoms with Gasteiger partial charge >= 0.3 is 0 Å². The van der Waals surface area contributed by atoms with Crippen molar-refractivity contribution in [1.29, 1.82) is 10.5 Å². The summed E-state index contributed by atoms with van der Waals surface area (Å²) in [5.41, 5.74) is 1.65. The van der Waals surface area contributed by atoms with Gasteiger partial charge in [-0.05, 0) is 37.0 Å². The summed E-state index contributed by atoms with van der Waals surface area (Å²) in [6.45, 7) is 0. The third-order valence-corrected chi connectivity index (χ3v) is 3.80. The first-order valence-electron chi connectivity index (χ1n) is 5.76. The van der Waals surface area contributed by atoms with Crippen LogP contribution in [0.15, 0.2) is 18.2 Å². The van der Waals surface area contributed by atoms with E-state index in [1.807, 2.05) is 12.1 Å². The van der Waals surface area contributed by atoms with Gasteiger partial charge in [0.25, 0.3) is 0 Å². The molecule has 2 rings (SSSR count). The molecular weight excluding hydrogens is 292 g/mol. The second-order valence-corrected chi connectivity index (χ2v) is 5.56. The number of hydrogen-bond donors (Lipinski definition) is 0. The molecule has 1 aromatic carbocycles. The lowest BCUT2D eigenvalue weighted by atomic mass is 10.0. The van der Waals surface area contributed by atoms with Gasteiger partial charge in [-0.1, -0.05) is 22.0 Å². The second kappa shape index (κ2) is 5.33. The van der Waals surface area contributed by atoms with Gasteiger partial charge in [0.1, 0.15) is 17.9 Å². The van der Waals surface area contributed by atoms with Gasteiger partial charge in [0, 0.05) is 5.92 Å². The fraction of sp³-hybridized carbons (Fsp3) is 0.357. The fourth-order valence-corrected chi connectivity index (χ4v) is 2.59. The van der Waals surface area contributed by atoms with Gasteiger partial charge in [0.05, 0.1) is 16.0 Å². The van der Waals surface area contributed by atoms with Gasteiger partial charge in [0.15, 0.2) is 0 Å². The minimum atomic E-state index is -0.190. The maximum Gasteiger partial charge on any atom is 0.149 e. The molecule has 0 spiro atoms. The topological polar surface area (TPSA) is 64.7 Å². The number of nitriles is 2. The number of Topliss-reactive ketones (excluding diaryl/α,β-unsaturated/α-hetero) is 1. The highest BCUT2D eigenvalue weighted by atomic mass is 79.9. The van der Waals surface area contributed by atoms with E-state index in [2.05, 4.69) is 15.9 Å². The van der Waals surface area contributed by atoms with Crippen LogP contribution in [0.3, 0.4) is 0 Å². The van der Waals surface area contributed by atoms with Gasteiger partial charge in [-0.2, -0.15) is 10.5 Å². The normalized spacial score (nSPS) is 15.5. The number of hydrogen-bond acceptors (Lipinski definition) is 3. The zero-order valence-corrected chi connectivity index (χ0v) is 11.3. The molecule has 18 heavy (non-hydrogen) atoms. The number of carbonyl (C=O) groups excluding carboxylic acids is 1. The van der Waals surface area contributed by atoms with Crippen LogP contribution >= 0.6 is 15.9 Å². The minimum Gasteiger partial charge on any atom is -0.298 e. The third-order valence-electron chi connectivity index (χ3n) is 3.03. The summed E-state index contributed by atoms with van der Waals surface area (Å²) < 4.78 is 0. The zero-order chi connectivity index (χ0) is 13.1. The second-order valence-electron chi connectivity index (χ2n) is 4.45. The Hall–Kier alpha value is -1.65. The number of alkyl halides is 1. The molecule has 0 saturated heterocycles. The van der Waals surface area contributed by atoms with E-state index in [0.717, 1.165) is 18.4 Å². The quantitative estimate of drug-likeness (QED) is 0.803. The van der Waals surface area contributed by atoms with Crippen molar-refractivity contribution in [3.05, 3.63) is 34.9 Å². The molecule has 1 aromatic rings. The van der Waals surface area contributed by atoms with Crippen LogP contribution in [0, 0.1) is 28.6 Å². The first kappa shape index (κ1) is 12.8. The van der Waals surface area contributed by atoms with Crippen molar-refractivity contribution in [3.63, 3.8) is 0 Å².